The maximum atomic E-state index is 10.4. The van der Waals surface area contributed by atoms with Gasteiger partial charge in [-0.3, -0.25) is 0 Å². The molecule has 22 heavy (non-hydrogen) atoms. The summed E-state index contributed by atoms with van der Waals surface area (Å²) in [5, 5.41) is 0. The van der Waals surface area contributed by atoms with Gasteiger partial charge in [-0.05, 0) is 0 Å². The van der Waals surface area contributed by atoms with E-state index in [1.165, 1.54) is 0 Å². The number of anilines is 3. The van der Waals surface area contributed by atoms with Crippen molar-refractivity contribution in [3.8, 4) is 0 Å². The van der Waals surface area contributed by atoms with E-state index in [-0.39, 0.29) is 17.8 Å². The monoisotopic (exact) mass is 384 g/mol. The molecule has 0 aliphatic heterocycles. The molecule has 11 N–H and O–H groups in total. The summed E-state index contributed by atoms with van der Waals surface area (Å²) in [6.07, 6.45) is 0. The van der Waals surface area contributed by atoms with Gasteiger partial charge in [-0.2, -0.15) is 23.6 Å². The molecule has 0 fully saturated rings. The van der Waals surface area contributed by atoms with Crippen molar-refractivity contribution in [1.29, 1.82) is 0 Å². The number of nitrogens with zero attached hydrogens (tertiary/aromatic N) is 3. The molecule has 1 rings (SSSR count). The third kappa shape index (κ3) is 11.5. The van der Waals surface area contributed by atoms with Crippen LogP contribution in [0.4, 0.5) is 17.8 Å². The summed E-state index contributed by atoms with van der Waals surface area (Å²) in [4.78, 5) is 50.7. The molecular weight excluding hydrogens is 373 g/mol. The molecule has 1 aromatic heterocycles. The third-order valence-electron chi connectivity index (χ3n) is 1.11. The maximum Gasteiger partial charge on any atom is 0.490 e. The second-order valence-corrected chi connectivity index (χ2v) is 7.23. The van der Waals surface area contributed by atoms with Crippen LogP contribution in [0, 0.1) is 0 Å². The van der Waals surface area contributed by atoms with Gasteiger partial charge in [0.05, 0.1) is 0 Å². The molecule has 128 valence electrons. The van der Waals surface area contributed by atoms with Crippen LogP contribution in [-0.2, 0) is 22.3 Å². The lowest BCUT2D eigenvalue weighted by Crippen LogP contribution is -2.05. The van der Waals surface area contributed by atoms with Gasteiger partial charge in [0, 0.05) is 0 Å². The van der Waals surface area contributed by atoms with Crippen LogP contribution in [0.2, 0.25) is 0 Å². The van der Waals surface area contributed by atoms with E-state index in [4.69, 9.17) is 41.7 Å². The van der Waals surface area contributed by atoms with E-state index in [2.05, 4.69) is 23.6 Å². The SMILES string of the molecule is Nc1nc(N)nc(N)n1.O=P(O)(O)OP(=O)(O)OP(=O)(O)O. The first kappa shape index (κ1) is 20.8. The van der Waals surface area contributed by atoms with E-state index in [9.17, 15) is 13.7 Å². The van der Waals surface area contributed by atoms with Crippen LogP contribution >= 0.6 is 23.5 Å². The van der Waals surface area contributed by atoms with Gasteiger partial charge in [0.25, 0.3) is 0 Å². The van der Waals surface area contributed by atoms with Gasteiger partial charge < -0.3 is 41.7 Å². The average molecular weight is 384 g/mol. The van der Waals surface area contributed by atoms with E-state index < -0.39 is 23.5 Å². The quantitative estimate of drug-likeness (QED) is 0.258. The summed E-state index contributed by atoms with van der Waals surface area (Å²) in [6.45, 7) is 0. The second-order valence-electron chi connectivity index (χ2n) is 3.02. The van der Waals surface area contributed by atoms with Crippen molar-refractivity contribution in [3.63, 3.8) is 0 Å². The average Bonchev–Trinajstić information content (AvgIpc) is 2.05. The van der Waals surface area contributed by atoms with Crippen molar-refractivity contribution >= 4 is 41.3 Å². The first-order valence-electron chi connectivity index (χ1n) is 4.49. The fourth-order valence-electron chi connectivity index (χ4n) is 0.711. The lowest BCUT2D eigenvalue weighted by molar-refractivity contribution is 0.204. The zero-order chi connectivity index (χ0) is 17.8. The number of hydrogen-bond donors (Lipinski definition) is 8. The Labute approximate surface area is 121 Å². The van der Waals surface area contributed by atoms with Crippen molar-refractivity contribution < 1.29 is 46.8 Å². The zero-order valence-electron chi connectivity index (χ0n) is 10.2. The van der Waals surface area contributed by atoms with Gasteiger partial charge in [-0.25, -0.2) is 13.7 Å². The first-order chi connectivity index (χ1) is 9.60. The van der Waals surface area contributed by atoms with Gasteiger partial charge in [-0.15, -0.1) is 0 Å². The molecule has 0 spiro atoms. The number of aromatic nitrogens is 3. The Kier molecular flexibility index (Phi) is 6.99. The summed E-state index contributed by atoms with van der Waals surface area (Å²) in [5.74, 6) is 0.125. The summed E-state index contributed by atoms with van der Waals surface area (Å²) in [6, 6.07) is 0. The highest BCUT2D eigenvalue weighted by molar-refractivity contribution is 7.66. The number of nitrogen functional groups attached to an aromatic ring is 3. The van der Waals surface area contributed by atoms with Crippen LogP contribution in [0.5, 0.6) is 0 Å². The molecule has 0 amide bonds. The largest absolute Gasteiger partial charge is 0.490 e. The van der Waals surface area contributed by atoms with Crippen LogP contribution in [0.1, 0.15) is 0 Å². The summed E-state index contributed by atoms with van der Waals surface area (Å²) in [7, 11) is -16.2. The van der Waals surface area contributed by atoms with Gasteiger partial charge in [0.15, 0.2) is 0 Å². The second kappa shape index (κ2) is 7.39. The smallest absolute Gasteiger partial charge is 0.368 e. The minimum absolute atomic E-state index is 0.0417. The van der Waals surface area contributed by atoms with Crippen LogP contribution in [0.3, 0.4) is 0 Å². The van der Waals surface area contributed by atoms with E-state index in [0.717, 1.165) is 0 Å². The topological polar surface area (TPSA) is 288 Å². The van der Waals surface area contributed by atoms with E-state index in [1.54, 1.807) is 0 Å². The molecule has 0 saturated carbocycles. The minimum Gasteiger partial charge on any atom is -0.368 e. The Morgan fingerprint density at radius 3 is 1.09 bits per heavy atom. The third-order valence-corrected chi connectivity index (χ3v) is 4.46. The molecule has 0 unspecified atom stereocenters. The normalized spacial score (nSPS) is 12.4. The summed E-state index contributed by atoms with van der Waals surface area (Å²) >= 11 is 0. The maximum absolute atomic E-state index is 10.4. The standard InChI is InChI=1S/C3H6N6.H5O10P3/c4-1-7-2(5)9-3(6)8-1;1-11(2,3)9-13(7,8)10-12(4,5)6/h(H6,4,5,6,7,8,9);(H,7,8)(H2,1,2,3)(H2,4,5,6). The molecule has 19 heteroatoms. The molecule has 0 atom stereocenters. The molecule has 16 nitrogen and oxygen atoms in total. The number of hydrogen-bond acceptors (Lipinski definition) is 11. The van der Waals surface area contributed by atoms with Gasteiger partial charge in [0.1, 0.15) is 0 Å². The predicted octanol–water partition coefficient (Wildman–Crippen LogP) is -2.08. The Hall–Kier alpha value is -1.18. The molecule has 1 aromatic rings. The Morgan fingerprint density at radius 2 is 0.909 bits per heavy atom. The molecule has 1 heterocycles. The zero-order valence-corrected chi connectivity index (χ0v) is 12.9. The van der Waals surface area contributed by atoms with Gasteiger partial charge in [-0.1, -0.05) is 0 Å². The highest BCUT2D eigenvalue weighted by Crippen LogP contribution is 2.64. The van der Waals surface area contributed by atoms with Crippen molar-refractivity contribution in [2.24, 2.45) is 0 Å². The number of rotatable bonds is 4. The fourth-order valence-corrected chi connectivity index (χ4v) is 3.25. The summed E-state index contributed by atoms with van der Waals surface area (Å²) in [5.41, 5.74) is 15.4. The molecular formula is C3H11N6O10P3. The van der Waals surface area contributed by atoms with Crippen LogP contribution in [-0.4, -0.2) is 39.4 Å². The number of phosphoric acid groups is 3. The Morgan fingerprint density at radius 1 is 0.682 bits per heavy atom. The molecule has 0 aliphatic carbocycles. The fraction of sp³-hybridized carbons (Fsp3) is 0. The lowest BCUT2D eigenvalue weighted by atomic mass is 10.9. The molecule has 0 aliphatic rings. The molecule has 0 radical (unpaired) electrons. The first-order valence-corrected chi connectivity index (χ1v) is 9.04. The molecule has 0 saturated heterocycles. The van der Waals surface area contributed by atoms with Crippen LogP contribution < -0.4 is 17.2 Å². The van der Waals surface area contributed by atoms with Crippen molar-refractivity contribution in [3.05, 3.63) is 0 Å². The molecule has 0 aromatic carbocycles. The summed E-state index contributed by atoms with van der Waals surface area (Å²) < 4.78 is 36.4. The van der Waals surface area contributed by atoms with Crippen molar-refractivity contribution in [2.75, 3.05) is 17.2 Å². The van der Waals surface area contributed by atoms with Crippen LogP contribution in [0.15, 0.2) is 0 Å². The Bertz CT molecular complexity index is 575. The number of nitrogens with two attached hydrogens (primary N) is 3. The minimum atomic E-state index is -5.46. The van der Waals surface area contributed by atoms with Gasteiger partial charge >= 0.3 is 23.5 Å². The van der Waals surface area contributed by atoms with Crippen molar-refractivity contribution in [2.45, 2.75) is 0 Å². The van der Waals surface area contributed by atoms with Crippen LogP contribution in [0.25, 0.3) is 0 Å². The Balaban J connectivity index is 0.000000425. The predicted molar refractivity (Wildman–Crippen MR) is 69.1 cm³/mol. The van der Waals surface area contributed by atoms with E-state index in [1.807, 2.05) is 0 Å². The lowest BCUT2D eigenvalue weighted by Gasteiger charge is -2.11. The van der Waals surface area contributed by atoms with Crippen molar-refractivity contribution in [1.82, 2.24) is 15.0 Å². The highest BCUT2D eigenvalue weighted by atomic mass is 31.3. The highest BCUT2D eigenvalue weighted by Gasteiger charge is 2.38. The molecule has 0 bridgehead atoms. The van der Waals surface area contributed by atoms with E-state index >= 15 is 0 Å². The van der Waals surface area contributed by atoms with Gasteiger partial charge in [0.2, 0.25) is 17.8 Å². The van der Waals surface area contributed by atoms with E-state index in [0.29, 0.717) is 0 Å².